The smallest absolute Gasteiger partial charge is 0.251 e. The number of hydrogen-bond donors (Lipinski definition) is 1. The van der Waals surface area contributed by atoms with Gasteiger partial charge < -0.3 is 19.5 Å². The molecule has 1 N–H and O–H groups in total. The van der Waals surface area contributed by atoms with Crippen LogP contribution in [0.5, 0.6) is 17.4 Å². The van der Waals surface area contributed by atoms with E-state index in [1.807, 2.05) is 6.07 Å². The molecule has 0 aliphatic heterocycles. The maximum atomic E-state index is 12.2. The van der Waals surface area contributed by atoms with E-state index in [2.05, 4.69) is 20.6 Å². The zero-order chi connectivity index (χ0) is 23.4. The number of carbonyl (C=O) groups is 1. The van der Waals surface area contributed by atoms with Gasteiger partial charge in [0, 0.05) is 17.2 Å². The van der Waals surface area contributed by atoms with Crippen LogP contribution in [0.25, 0.3) is 17.0 Å². The second kappa shape index (κ2) is 9.93. The van der Waals surface area contributed by atoms with Gasteiger partial charge in [0.25, 0.3) is 5.91 Å². The number of aromatic nitrogens is 4. The van der Waals surface area contributed by atoms with Crippen molar-refractivity contribution < 1.29 is 19.0 Å². The summed E-state index contributed by atoms with van der Waals surface area (Å²) in [6.45, 7) is 0.475. The van der Waals surface area contributed by atoms with Gasteiger partial charge in [-0.1, -0.05) is 23.2 Å². The van der Waals surface area contributed by atoms with E-state index < -0.39 is 0 Å². The molecule has 0 saturated heterocycles. The van der Waals surface area contributed by atoms with Gasteiger partial charge in [0.2, 0.25) is 5.88 Å². The van der Waals surface area contributed by atoms with Crippen molar-refractivity contribution in [1.82, 2.24) is 25.1 Å². The van der Waals surface area contributed by atoms with E-state index in [0.29, 0.717) is 44.5 Å². The maximum Gasteiger partial charge on any atom is 0.251 e. The van der Waals surface area contributed by atoms with Crippen LogP contribution in [0.4, 0.5) is 0 Å². The van der Waals surface area contributed by atoms with Crippen LogP contribution in [-0.4, -0.2) is 53.1 Å². The molecule has 0 unspecified atom stereocenters. The summed E-state index contributed by atoms with van der Waals surface area (Å²) < 4.78 is 17.9. The number of ether oxygens (including phenoxy) is 3. The molecule has 2 aromatic heterocycles. The van der Waals surface area contributed by atoms with E-state index in [1.165, 1.54) is 6.07 Å². The molecular weight excluding hydrogens is 469 g/mol. The third-order valence-corrected chi connectivity index (χ3v) is 5.44. The molecule has 2 heterocycles. The fourth-order valence-electron chi connectivity index (χ4n) is 3.06. The predicted octanol–water partition coefficient (Wildman–Crippen LogP) is 3.92. The first-order chi connectivity index (χ1) is 16.0. The van der Waals surface area contributed by atoms with E-state index in [9.17, 15) is 4.79 Å². The Kier molecular flexibility index (Phi) is 6.81. The van der Waals surface area contributed by atoms with E-state index in [1.54, 1.807) is 55.1 Å². The second-order valence-electron chi connectivity index (χ2n) is 6.77. The molecule has 2 aromatic carbocycles. The molecule has 170 valence electrons. The van der Waals surface area contributed by atoms with Gasteiger partial charge in [0.1, 0.15) is 6.61 Å². The van der Waals surface area contributed by atoms with E-state index in [0.717, 1.165) is 5.56 Å². The van der Waals surface area contributed by atoms with Crippen LogP contribution in [0.3, 0.4) is 0 Å². The van der Waals surface area contributed by atoms with Gasteiger partial charge in [-0.05, 0) is 42.5 Å². The Morgan fingerprint density at radius 1 is 0.970 bits per heavy atom. The molecule has 4 aromatic rings. The lowest BCUT2D eigenvalue weighted by molar-refractivity contribution is 0.0946. The molecule has 4 rings (SSSR count). The first kappa shape index (κ1) is 22.6. The van der Waals surface area contributed by atoms with E-state index in [4.69, 9.17) is 37.4 Å². The summed E-state index contributed by atoms with van der Waals surface area (Å²) in [5.74, 6) is 1.76. The summed E-state index contributed by atoms with van der Waals surface area (Å²) in [5.41, 5.74) is 1.71. The fraction of sp³-hybridized carbons (Fsp3) is 0.182. The second-order valence-corrected chi connectivity index (χ2v) is 7.58. The minimum absolute atomic E-state index is 0.208. The monoisotopic (exact) mass is 487 g/mol. The average Bonchev–Trinajstić information content (AvgIpc) is 3.26. The lowest BCUT2D eigenvalue weighted by atomic mass is 10.2. The van der Waals surface area contributed by atoms with Crippen molar-refractivity contribution in [3.05, 3.63) is 64.1 Å². The standard InChI is InChI=1S/C22H19Cl2N5O4/c1-31-17-6-4-13(12-18(17)32-2)21-27-26-19-7-8-20(28-29(19)21)33-10-9-25-22(30)14-3-5-15(23)16(24)11-14/h3-8,11-12H,9-10H2,1-2H3,(H,25,30). The lowest BCUT2D eigenvalue weighted by Crippen LogP contribution is -2.28. The minimum atomic E-state index is -0.282. The maximum absolute atomic E-state index is 12.2. The average molecular weight is 488 g/mol. The van der Waals surface area contributed by atoms with Gasteiger partial charge in [-0.15, -0.1) is 15.3 Å². The number of methoxy groups -OCH3 is 2. The number of halogens is 2. The predicted molar refractivity (Wildman–Crippen MR) is 124 cm³/mol. The molecule has 0 bridgehead atoms. The van der Waals surface area contributed by atoms with Gasteiger partial charge in [0.05, 0.1) is 30.8 Å². The van der Waals surface area contributed by atoms with Crippen LogP contribution in [0, 0.1) is 0 Å². The topological polar surface area (TPSA) is 99.9 Å². The SMILES string of the molecule is COc1ccc(-c2nnc3ccc(OCCNC(=O)c4ccc(Cl)c(Cl)c4)nn23)cc1OC. The van der Waals surface area contributed by atoms with Crippen molar-refractivity contribution in [1.29, 1.82) is 0 Å². The van der Waals surface area contributed by atoms with E-state index >= 15 is 0 Å². The van der Waals surface area contributed by atoms with Gasteiger partial charge in [-0.2, -0.15) is 4.52 Å². The number of nitrogens with zero attached hydrogens (tertiary/aromatic N) is 4. The number of nitrogens with one attached hydrogen (secondary N) is 1. The Morgan fingerprint density at radius 2 is 1.79 bits per heavy atom. The first-order valence-corrected chi connectivity index (χ1v) is 10.6. The highest BCUT2D eigenvalue weighted by Crippen LogP contribution is 2.31. The first-order valence-electron chi connectivity index (χ1n) is 9.81. The summed E-state index contributed by atoms with van der Waals surface area (Å²) in [4.78, 5) is 12.2. The van der Waals surface area contributed by atoms with Gasteiger partial charge in [-0.25, -0.2) is 0 Å². The van der Waals surface area contributed by atoms with Crippen LogP contribution in [0.1, 0.15) is 10.4 Å². The summed E-state index contributed by atoms with van der Waals surface area (Å²) in [6, 6.07) is 13.5. The zero-order valence-corrected chi connectivity index (χ0v) is 19.2. The zero-order valence-electron chi connectivity index (χ0n) is 17.7. The summed E-state index contributed by atoms with van der Waals surface area (Å²) in [7, 11) is 3.14. The quantitative estimate of drug-likeness (QED) is 0.375. The van der Waals surface area contributed by atoms with Gasteiger partial charge >= 0.3 is 0 Å². The van der Waals surface area contributed by atoms with Crippen LogP contribution in [0.15, 0.2) is 48.5 Å². The third kappa shape index (κ3) is 4.94. The van der Waals surface area contributed by atoms with E-state index in [-0.39, 0.29) is 19.1 Å². The van der Waals surface area contributed by atoms with Crippen molar-refractivity contribution in [3.8, 4) is 28.8 Å². The largest absolute Gasteiger partial charge is 0.493 e. The number of fused-ring (bicyclic) bond motifs is 1. The Morgan fingerprint density at radius 3 is 2.55 bits per heavy atom. The molecule has 9 nitrogen and oxygen atoms in total. The van der Waals surface area contributed by atoms with Crippen molar-refractivity contribution in [2.24, 2.45) is 0 Å². The highest BCUT2D eigenvalue weighted by atomic mass is 35.5. The fourth-order valence-corrected chi connectivity index (χ4v) is 3.36. The van der Waals surface area contributed by atoms with Gasteiger partial charge in [-0.3, -0.25) is 4.79 Å². The number of hydrogen-bond acceptors (Lipinski definition) is 7. The highest BCUT2D eigenvalue weighted by Gasteiger charge is 2.14. The van der Waals surface area contributed by atoms with Crippen LogP contribution in [0.2, 0.25) is 10.0 Å². The Labute approximate surface area is 199 Å². The number of rotatable bonds is 8. The molecule has 0 aliphatic rings. The molecule has 0 fully saturated rings. The van der Waals surface area contributed by atoms with Crippen molar-refractivity contribution >= 4 is 34.8 Å². The molecule has 0 atom stereocenters. The van der Waals surface area contributed by atoms with Crippen molar-refractivity contribution in [3.63, 3.8) is 0 Å². The minimum Gasteiger partial charge on any atom is -0.493 e. The Balaban J connectivity index is 1.43. The molecule has 0 aliphatic carbocycles. The summed E-state index contributed by atoms with van der Waals surface area (Å²) in [5, 5.41) is 16.3. The van der Waals surface area contributed by atoms with Crippen LogP contribution >= 0.6 is 23.2 Å². The third-order valence-electron chi connectivity index (χ3n) is 4.70. The number of carbonyl (C=O) groups excluding carboxylic acids is 1. The lowest BCUT2D eigenvalue weighted by Gasteiger charge is -2.09. The summed E-state index contributed by atoms with van der Waals surface area (Å²) in [6.07, 6.45) is 0. The normalized spacial score (nSPS) is 10.8. The molecule has 0 radical (unpaired) electrons. The molecule has 1 amide bonds. The summed E-state index contributed by atoms with van der Waals surface area (Å²) >= 11 is 11.8. The molecule has 11 heteroatoms. The molecular formula is C22H19Cl2N5O4. The van der Waals surface area contributed by atoms with Crippen molar-refractivity contribution in [2.75, 3.05) is 27.4 Å². The number of amides is 1. The molecule has 0 saturated carbocycles. The van der Waals surface area contributed by atoms with Crippen molar-refractivity contribution in [2.45, 2.75) is 0 Å². The van der Waals surface area contributed by atoms with Crippen LogP contribution in [-0.2, 0) is 0 Å². The molecule has 33 heavy (non-hydrogen) atoms. The Hall–Kier alpha value is -3.56. The van der Waals surface area contributed by atoms with Gasteiger partial charge in [0.15, 0.2) is 23.0 Å². The number of benzene rings is 2. The highest BCUT2D eigenvalue weighted by molar-refractivity contribution is 6.42. The molecule has 0 spiro atoms. The van der Waals surface area contributed by atoms with Crippen LogP contribution < -0.4 is 19.5 Å². The Bertz CT molecular complexity index is 1310.